The number of Topliss-reactive ketones (excluding diaryl/α,β-unsaturated/α-hetero) is 1. The van der Waals surface area contributed by atoms with E-state index in [0.29, 0.717) is 30.9 Å². The van der Waals surface area contributed by atoms with Crippen LogP contribution in [0.3, 0.4) is 0 Å². The van der Waals surface area contributed by atoms with Gasteiger partial charge >= 0.3 is 0 Å². The predicted molar refractivity (Wildman–Crippen MR) is 127 cm³/mol. The Morgan fingerprint density at radius 1 is 1.03 bits per heavy atom. The zero-order chi connectivity index (χ0) is 22.8. The molecule has 4 rings (SSSR count). The summed E-state index contributed by atoms with van der Waals surface area (Å²) < 4.78 is 12.0. The molecule has 0 aromatic heterocycles. The summed E-state index contributed by atoms with van der Waals surface area (Å²) in [6, 6.07) is 12.3. The largest absolute Gasteiger partial charge is 0.492 e. The Hall–Kier alpha value is -2.60. The van der Waals surface area contributed by atoms with Crippen LogP contribution in [0.4, 0.5) is 0 Å². The van der Waals surface area contributed by atoms with E-state index in [0.717, 1.165) is 33.3 Å². The number of halogens is 1. The Labute approximate surface area is 197 Å². The summed E-state index contributed by atoms with van der Waals surface area (Å²) in [6.07, 6.45) is 2.33. The lowest BCUT2D eigenvalue weighted by atomic mass is 9.73. The molecule has 0 saturated carbocycles. The van der Waals surface area contributed by atoms with Crippen LogP contribution in [0.1, 0.15) is 61.6 Å². The lowest BCUT2D eigenvalue weighted by Gasteiger charge is -2.34. The van der Waals surface area contributed by atoms with Gasteiger partial charge in [-0.05, 0) is 70.4 Å². The first-order valence-electron chi connectivity index (χ1n) is 11.1. The number of carbonyl (C=O) groups excluding carboxylic acids is 2. The summed E-state index contributed by atoms with van der Waals surface area (Å²) >= 11 is 3.56. The molecule has 5 nitrogen and oxygen atoms in total. The molecule has 2 unspecified atom stereocenters. The van der Waals surface area contributed by atoms with Gasteiger partial charge in [0.2, 0.25) is 5.91 Å². The first kappa shape index (κ1) is 22.6. The van der Waals surface area contributed by atoms with E-state index >= 15 is 0 Å². The molecule has 1 N–H and O–H groups in total. The highest BCUT2D eigenvalue weighted by molar-refractivity contribution is 9.10. The number of methoxy groups -OCH3 is 1. The molecule has 2 atom stereocenters. The van der Waals surface area contributed by atoms with Crippen molar-refractivity contribution in [3.63, 3.8) is 0 Å². The second-order valence-electron chi connectivity index (χ2n) is 8.29. The van der Waals surface area contributed by atoms with E-state index in [1.807, 2.05) is 19.1 Å². The van der Waals surface area contributed by atoms with Crippen LogP contribution in [0.2, 0.25) is 0 Å². The Morgan fingerprint density at radius 3 is 2.44 bits per heavy atom. The number of carbonyl (C=O) groups is 2. The van der Waals surface area contributed by atoms with Gasteiger partial charge in [0, 0.05) is 30.0 Å². The summed E-state index contributed by atoms with van der Waals surface area (Å²) in [5.41, 5.74) is 4.78. The van der Waals surface area contributed by atoms with Gasteiger partial charge in [-0.15, -0.1) is 0 Å². The summed E-state index contributed by atoms with van der Waals surface area (Å²) in [6.45, 7) is 4.53. The Balaban J connectivity index is 1.71. The van der Waals surface area contributed by atoms with Crippen molar-refractivity contribution in [2.24, 2.45) is 0 Å². The van der Waals surface area contributed by atoms with Gasteiger partial charge in [-0.25, -0.2) is 0 Å². The molecule has 0 spiro atoms. The molecule has 2 aliphatic rings. The maximum absolute atomic E-state index is 13.4. The van der Waals surface area contributed by atoms with Gasteiger partial charge in [-0.1, -0.05) is 31.2 Å². The monoisotopic (exact) mass is 497 g/mol. The van der Waals surface area contributed by atoms with E-state index in [-0.39, 0.29) is 29.9 Å². The molecule has 2 aromatic carbocycles. The van der Waals surface area contributed by atoms with Crippen molar-refractivity contribution < 1.29 is 19.1 Å². The van der Waals surface area contributed by atoms with Gasteiger partial charge in [0.25, 0.3) is 0 Å². The van der Waals surface area contributed by atoms with E-state index in [9.17, 15) is 9.59 Å². The molecule has 1 aliphatic heterocycles. The van der Waals surface area contributed by atoms with Crippen LogP contribution in [0.15, 0.2) is 52.1 Å². The smallest absolute Gasteiger partial charge is 0.225 e. The van der Waals surface area contributed by atoms with Crippen LogP contribution >= 0.6 is 15.9 Å². The number of amides is 1. The number of allylic oxidation sites excluding steroid dienone is 2. The molecule has 0 saturated heterocycles. The molecule has 0 bridgehead atoms. The minimum Gasteiger partial charge on any atom is -0.492 e. The molecule has 0 fully saturated rings. The number of benzene rings is 2. The van der Waals surface area contributed by atoms with Crippen LogP contribution in [-0.4, -0.2) is 25.4 Å². The predicted octanol–water partition coefficient (Wildman–Crippen LogP) is 5.42. The lowest BCUT2D eigenvalue weighted by Crippen LogP contribution is -2.38. The van der Waals surface area contributed by atoms with E-state index < -0.39 is 0 Å². The SMILES string of the molecule is CCOc1cc(C2CC(=O)NC3=C2C(=O)CC(c2ccc(CC)cc2)C3)cc(Br)c1OC. The fourth-order valence-corrected chi connectivity index (χ4v) is 5.38. The van der Waals surface area contributed by atoms with E-state index in [1.165, 1.54) is 5.56 Å². The van der Waals surface area contributed by atoms with Crippen molar-refractivity contribution in [2.45, 2.75) is 51.4 Å². The summed E-state index contributed by atoms with van der Waals surface area (Å²) in [7, 11) is 1.59. The van der Waals surface area contributed by atoms with E-state index in [2.05, 4.69) is 52.4 Å². The third kappa shape index (κ3) is 4.33. The number of ether oxygens (including phenoxy) is 2. The van der Waals surface area contributed by atoms with Crippen LogP contribution in [0, 0.1) is 0 Å². The maximum atomic E-state index is 13.4. The standard InChI is InChI=1S/C26H28BrNO4/c1-4-15-6-8-16(9-7-15)17-11-21-25(22(29)12-17)19(14-24(30)28-21)18-10-20(27)26(31-3)23(13-18)32-5-2/h6-10,13,17,19H,4-5,11-12,14H2,1-3H3,(H,28,30). The fourth-order valence-electron chi connectivity index (χ4n) is 4.76. The third-order valence-corrected chi connectivity index (χ3v) is 6.92. The number of rotatable bonds is 6. The lowest BCUT2D eigenvalue weighted by molar-refractivity contribution is -0.122. The van der Waals surface area contributed by atoms with Gasteiger partial charge in [0.05, 0.1) is 18.2 Å². The molecule has 32 heavy (non-hydrogen) atoms. The average molecular weight is 498 g/mol. The summed E-state index contributed by atoms with van der Waals surface area (Å²) in [5, 5.41) is 3.00. The number of ketones is 1. The Bertz CT molecular complexity index is 1070. The minimum absolute atomic E-state index is 0.0616. The van der Waals surface area contributed by atoms with Crippen LogP contribution in [-0.2, 0) is 16.0 Å². The molecular weight excluding hydrogens is 470 g/mol. The zero-order valence-corrected chi connectivity index (χ0v) is 20.3. The second kappa shape index (κ2) is 9.49. The Morgan fingerprint density at radius 2 is 1.78 bits per heavy atom. The van der Waals surface area contributed by atoms with Crippen molar-refractivity contribution in [3.05, 3.63) is 68.8 Å². The van der Waals surface area contributed by atoms with Gasteiger partial charge in [0.15, 0.2) is 17.3 Å². The highest BCUT2D eigenvalue weighted by Gasteiger charge is 2.38. The van der Waals surface area contributed by atoms with Crippen LogP contribution < -0.4 is 14.8 Å². The number of hydrogen-bond acceptors (Lipinski definition) is 4. The van der Waals surface area contributed by atoms with Crippen molar-refractivity contribution >= 4 is 27.6 Å². The van der Waals surface area contributed by atoms with Crippen molar-refractivity contribution in [2.75, 3.05) is 13.7 Å². The average Bonchev–Trinajstić information content (AvgIpc) is 2.78. The highest BCUT2D eigenvalue weighted by Crippen LogP contribution is 2.46. The molecule has 1 amide bonds. The van der Waals surface area contributed by atoms with Gasteiger partial charge in [-0.3, -0.25) is 9.59 Å². The van der Waals surface area contributed by atoms with Gasteiger partial charge in [-0.2, -0.15) is 0 Å². The third-order valence-electron chi connectivity index (χ3n) is 6.33. The maximum Gasteiger partial charge on any atom is 0.225 e. The molecule has 6 heteroatoms. The Kier molecular flexibility index (Phi) is 6.70. The first-order chi connectivity index (χ1) is 15.4. The minimum atomic E-state index is -0.295. The van der Waals surface area contributed by atoms with Crippen LogP contribution in [0.5, 0.6) is 11.5 Å². The topological polar surface area (TPSA) is 64.6 Å². The number of hydrogen-bond donors (Lipinski definition) is 1. The molecule has 168 valence electrons. The quantitative estimate of drug-likeness (QED) is 0.578. The molecule has 2 aromatic rings. The van der Waals surface area contributed by atoms with Crippen LogP contribution in [0.25, 0.3) is 0 Å². The highest BCUT2D eigenvalue weighted by atomic mass is 79.9. The zero-order valence-electron chi connectivity index (χ0n) is 18.7. The van der Waals surface area contributed by atoms with Crippen molar-refractivity contribution in [1.29, 1.82) is 0 Å². The molecular formula is C26H28BrNO4. The summed E-state index contributed by atoms with van der Waals surface area (Å²) in [4.78, 5) is 26.0. The molecule has 1 aliphatic carbocycles. The van der Waals surface area contributed by atoms with Gasteiger partial charge in [0.1, 0.15) is 0 Å². The fraction of sp³-hybridized carbons (Fsp3) is 0.385. The van der Waals surface area contributed by atoms with Crippen molar-refractivity contribution in [1.82, 2.24) is 5.32 Å². The number of aryl methyl sites for hydroxylation is 1. The first-order valence-corrected chi connectivity index (χ1v) is 11.9. The van der Waals surface area contributed by atoms with Gasteiger partial charge < -0.3 is 14.8 Å². The molecule has 0 radical (unpaired) electrons. The van der Waals surface area contributed by atoms with E-state index in [1.54, 1.807) is 7.11 Å². The summed E-state index contributed by atoms with van der Waals surface area (Å²) in [5.74, 6) is 1.03. The van der Waals surface area contributed by atoms with Crippen molar-refractivity contribution in [3.8, 4) is 11.5 Å². The number of nitrogens with one attached hydrogen (secondary N) is 1. The molecule has 1 heterocycles. The second-order valence-corrected chi connectivity index (χ2v) is 9.14. The normalized spacial score (nSPS) is 20.6. The van der Waals surface area contributed by atoms with E-state index in [4.69, 9.17) is 9.47 Å².